The van der Waals surface area contributed by atoms with Crippen molar-refractivity contribution < 1.29 is 0 Å². The third kappa shape index (κ3) is 2.92. The monoisotopic (exact) mass is 281 g/mol. The maximum atomic E-state index is 4.51. The van der Waals surface area contributed by atoms with E-state index in [0.717, 1.165) is 24.0 Å². The van der Waals surface area contributed by atoms with Crippen LogP contribution in [0.4, 0.5) is 0 Å². The van der Waals surface area contributed by atoms with Crippen LogP contribution in [-0.2, 0) is 13.5 Å². The fourth-order valence-electron chi connectivity index (χ4n) is 2.65. The molecule has 5 heteroatoms. The molecule has 1 unspecified atom stereocenters. The maximum Gasteiger partial charge on any atom is 0.0934 e. The highest BCUT2D eigenvalue weighted by Crippen LogP contribution is 2.24. The van der Waals surface area contributed by atoms with Crippen molar-refractivity contribution in [1.29, 1.82) is 0 Å². The molecule has 0 fully saturated rings. The van der Waals surface area contributed by atoms with Gasteiger partial charge in [0.15, 0.2) is 0 Å². The zero-order valence-electron chi connectivity index (χ0n) is 12.3. The van der Waals surface area contributed by atoms with Crippen molar-refractivity contribution in [2.75, 3.05) is 6.54 Å². The number of aromatic nitrogens is 4. The van der Waals surface area contributed by atoms with Crippen LogP contribution < -0.4 is 5.32 Å². The molecule has 1 atom stereocenters. The number of hydrogen-bond donors (Lipinski definition) is 1. The Kier molecular flexibility index (Phi) is 3.92. The van der Waals surface area contributed by atoms with E-state index >= 15 is 0 Å². The van der Waals surface area contributed by atoms with E-state index in [9.17, 15) is 0 Å². The first kappa shape index (κ1) is 13.7. The first-order chi connectivity index (χ1) is 10.3. The maximum absolute atomic E-state index is 4.51. The lowest BCUT2D eigenvalue weighted by Crippen LogP contribution is -2.23. The molecular formula is C16H19N5. The molecule has 0 radical (unpaired) electrons. The number of hydrogen-bond acceptors (Lipinski definition) is 4. The van der Waals surface area contributed by atoms with Gasteiger partial charge in [0.05, 0.1) is 17.2 Å². The van der Waals surface area contributed by atoms with Gasteiger partial charge in [-0.15, -0.1) is 0 Å². The second-order valence-corrected chi connectivity index (χ2v) is 5.11. The number of nitrogens with zero attached hydrogens (tertiary/aromatic N) is 4. The van der Waals surface area contributed by atoms with Gasteiger partial charge < -0.3 is 5.32 Å². The smallest absolute Gasteiger partial charge is 0.0934 e. The molecule has 0 spiro atoms. The van der Waals surface area contributed by atoms with Gasteiger partial charge in [-0.1, -0.05) is 19.1 Å². The molecule has 0 aliphatic carbocycles. The van der Waals surface area contributed by atoms with E-state index in [2.05, 4.69) is 39.6 Å². The van der Waals surface area contributed by atoms with Gasteiger partial charge in [-0.05, 0) is 30.2 Å². The van der Waals surface area contributed by atoms with E-state index in [1.807, 2.05) is 30.1 Å². The Hall–Kier alpha value is -2.27. The summed E-state index contributed by atoms with van der Waals surface area (Å²) < 4.78 is 1.83. The molecule has 1 aromatic carbocycles. The zero-order chi connectivity index (χ0) is 14.7. The van der Waals surface area contributed by atoms with Crippen LogP contribution in [0, 0.1) is 0 Å². The summed E-state index contributed by atoms with van der Waals surface area (Å²) >= 11 is 0. The largest absolute Gasteiger partial charge is 0.310 e. The molecule has 5 nitrogen and oxygen atoms in total. The molecule has 0 aliphatic rings. The van der Waals surface area contributed by atoms with Gasteiger partial charge in [0.25, 0.3) is 0 Å². The van der Waals surface area contributed by atoms with Crippen molar-refractivity contribution in [2.45, 2.75) is 19.4 Å². The summed E-state index contributed by atoms with van der Waals surface area (Å²) in [6.07, 6.45) is 8.34. The molecule has 3 aromatic rings. The van der Waals surface area contributed by atoms with Gasteiger partial charge >= 0.3 is 0 Å². The molecule has 0 saturated carbocycles. The van der Waals surface area contributed by atoms with E-state index in [1.165, 1.54) is 11.1 Å². The van der Waals surface area contributed by atoms with Gasteiger partial charge in [0, 0.05) is 31.7 Å². The SMILES string of the molecule is CCNC(Cc1cnn(C)c1)c1cccc2nccnc12. The molecule has 108 valence electrons. The van der Waals surface area contributed by atoms with Crippen molar-refractivity contribution in [3.05, 3.63) is 54.1 Å². The molecule has 0 bridgehead atoms. The molecule has 2 heterocycles. The van der Waals surface area contributed by atoms with Crippen LogP contribution in [0.15, 0.2) is 43.0 Å². The Morgan fingerprint density at radius 3 is 2.86 bits per heavy atom. The van der Waals surface area contributed by atoms with Crippen LogP contribution in [0.1, 0.15) is 24.1 Å². The summed E-state index contributed by atoms with van der Waals surface area (Å²) in [5.41, 5.74) is 4.30. The number of fused-ring (bicyclic) bond motifs is 1. The Balaban J connectivity index is 1.98. The van der Waals surface area contributed by atoms with Crippen molar-refractivity contribution in [2.24, 2.45) is 7.05 Å². The minimum atomic E-state index is 0.208. The highest BCUT2D eigenvalue weighted by atomic mass is 15.2. The fourth-order valence-corrected chi connectivity index (χ4v) is 2.65. The third-order valence-electron chi connectivity index (χ3n) is 3.55. The second-order valence-electron chi connectivity index (χ2n) is 5.11. The number of aryl methyl sites for hydroxylation is 1. The molecule has 3 rings (SSSR count). The Morgan fingerprint density at radius 1 is 1.24 bits per heavy atom. The summed E-state index contributed by atoms with van der Waals surface area (Å²) in [5, 5.41) is 7.79. The van der Waals surface area contributed by atoms with E-state index < -0.39 is 0 Å². The van der Waals surface area contributed by atoms with Crippen molar-refractivity contribution in [1.82, 2.24) is 25.1 Å². The van der Waals surface area contributed by atoms with E-state index in [0.29, 0.717) is 0 Å². The van der Waals surface area contributed by atoms with Gasteiger partial charge in [0.2, 0.25) is 0 Å². The fraction of sp³-hybridized carbons (Fsp3) is 0.312. The van der Waals surface area contributed by atoms with Crippen LogP contribution in [0.5, 0.6) is 0 Å². The quantitative estimate of drug-likeness (QED) is 0.779. The van der Waals surface area contributed by atoms with Gasteiger partial charge in [-0.3, -0.25) is 14.6 Å². The summed E-state index contributed by atoms with van der Waals surface area (Å²) in [6, 6.07) is 6.37. The zero-order valence-corrected chi connectivity index (χ0v) is 12.3. The number of benzene rings is 1. The number of para-hydroxylation sites is 1. The summed E-state index contributed by atoms with van der Waals surface area (Å²) in [6.45, 7) is 3.02. The average molecular weight is 281 g/mol. The third-order valence-corrected chi connectivity index (χ3v) is 3.55. The lowest BCUT2D eigenvalue weighted by atomic mass is 9.99. The van der Waals surface area contributed by atoms with Gasteiger partial charge in [-0.25, -0.2) is 0 Å². The van der Waals surface area contributed by atoms with E-state index in [4.69, 9.17) is 0 Å². The van der Waals surface area contributed by atoms with Crippen molar-refractivity contribution in [3.8, 4) is 0 Å². The molecular weight excluding hydrogens is 262 g/mol. The minimum absolute atomic E-state index is 0.208. The molecule has 0 aliphatic heterocycles. The first-order valence-corrected chi connectivity index (χ1v) is 7.18. The van der Waals surface area contributed by atoms with E-state index in [-0.39, 0.29) is 6.04 Å². The standard InChI is InChI=1S/C16H19N5/c1-3-17-15(9-12-10-20-21(2)11-12)13-5-4-6-14-16(13)19-8-7-18-14/h4-8,10-11,15,17H,3,9H2,1-2H3. The van der Waals surface area contributed by atoms with Crippen molar-refractivity contribution in [3.63, 3.8) is 0 Å². The van der Waals surface area contributed by atoms with Crippen molar-refractivity contribution >= 4 is 11.0 Å². The minimum Gasteiger partial charge on any atom is -0.310 e. The summed E-state index contributed by atoms with van der Waals surface area (Å²) in [5.74, 6) is 0. The predicted octanol–water partition coefficient (Wildman–Crippen LogP) is 2.26. The van der Waals surface area contributed by atoms with Crippen LogP contribution in [0.3, 0.4) is 0 Å². The summed E-state index contributed by atoms with van der Waals surface area (Å²) in [7, 11) is 1.94. The highest BCUT2D eigenvalue weighted by molar-refractivity contribution is 5.78. The van der Waals surface area contributed by atoms with Gasteiger partial charge in [0.1, 0.15) is 0 Å². The first-order valence-electron chi connectivity index (χ1n) is 7.18. The predicted molar refractivity (Wildman–Crippen MR) is 82.9 cm³/mol. The molecule has 2 aromatic heterocycles. The van der Waals surface area contributed by atoms with Crippen LogP contribution in [0.2, 0.25) is 0 Å². The average Bonchev–Trinajstić information content (AvgIpc) is 2.91. The molecule has 0 amide bonds. The number of rotatable bonds is 5. The Labute approximate surface area is 124 Å². The second kappa shape index (κ2) is 6.01. The normalized spacial score (nSPS) is 12.7. The Bertz CT molecular complexity index is 729. The number of nitrogens with one attached hydrogen (secondary N) is 1. The topological polar surface area (TPSA) is 55.6 Å². The van der Waals surface area contributed by atoms with Gasteiger partial charge in [-0.2, -0.15) is 5.10 Å². The van der Waals surface area contributed by atoms with Crippen LogP contribution in [0.25, 0.3) is 11.0 Å². The molecule has 0 saturated heterocycles. The Morgan fingerprint density at radius 2 is 2.10 bits per heavy atom. The highest BCUT2D eigenvalue weighted by Gasteiger charge is 2.16. The number of likely N-dealkylation sites (N-methyl/N-ethyl adjacent to an activating group) is 1. The lowest BCUT2D eigenvalue weighted by molar-refractivity contribution is 0.552. The lowest BCUT2D eigenvalue weighted by Gasteiger charge is -2.18. The molecule has 1 N–H and O–H groups in total. The van der Waals surface area contributed by atoms with E-state index in [1.54, 1.807) is 12.4 Å². The van der Waals surface area contributed by atoms with Crippen LogP contribution >= 0.6 is 0 Å². The van der Waals surface area contributed by atoms with Crippen LogP contribution in [-0.4, -0.2) is 26.3 Å². The summed E-state index contributed by atoms with van der Waals surface area (Å²) in [4.78, 5) is 8.90. The molecule has 21 heavy (non-hydrogen) atoms.